The standard InChI is InChI=1S/C10H13BrN2O4/c1-12(2)8-7(16-3)5-6(11)10(17-4)9(8)13(14)15/h5H,1-4H3. The van der Waals surface area contributed by atoms with Gasteiger partial charge in [-0.15, -0.1) is 0 Å². The number of nitrogens with zero attached hydrogens (tertiary/aromatic N) is 2. The number of ether oxygens (including phenoxy) is 2. The third-order valence-corrected chi connectivity index (χ3v) is 2.79. The predicted molar refractivity (Wildman–Crippen MR) is 68.2 cm³/mol. The summed E-state index contributed by atoms with van der Waals surface area (Å²) in [6, 6.07) is 1.64. The van der Waals surface area contributed by atoms with Gasteiger partial charge in [0.25, 0.3) is 0 Å². The molecular weight excluding hydrogens is 292 g/mol. The van der Waals surface area contributed by atoms with Crippen molar-refractivity contribution in [1.29, 1.82) is 0 Å². The Hall–Kier alpha value is -1.50. The Morgan fingerprint density at radius 2 is 1.94 bits per heavy atom. The summed E-state index contributed by atoms with van der Waals surface area (Å²) in [7, 11) is 6.26. The molecule has 0 saturated carbocycles. The quantitative estimate of drug-likeness (QED) is 0.631. The topological polar surface area (TPSA) is 64.8 Å². The Morgan fingerprint density at radius 3 is 2.29 bits per heavy atom. The van der Waals surface area contributed by atoms with Gasteiger partial charge in [0.15, 0.2) is 11.4 Å². The van der Waals surface area contributed by atoms with Crippen LogP contribution in [0.25, 0.3) is 0 Å². The van der Waals surface area contributed by atoms with E-state index in [0.29, 0.717) is 15.9 Å². The van der Waals surface area contributed by atoms with E-state index in [0.717, 1.165) is 0 Å². The first-order valence-corrected chi connectivity index (χ1v) is 5.49. The lowest BCUT2D eigenvalue weighted by atomic mass is 10.2. The molecule has 1 rings (SSSR count). The fraction of sp³-hybridized carbons (Fsp3) is 0.400. The smallest absolute Gasteiger partial charge is 0.338 e. The molecule has 7 heteroatoms. The molecule has 0 amide bonds. The predicted octanol–water partition coefficient (Wildman–Crippen LogP) is 2.44. The molecule has 1 aromatic rings. The van der Waals surface area contributed by atoms with E-state index in [9.17, 15) is 10.1 Å². The number of hydrogen-bond acceptors (Lipinski definition) is 5. The van der Waals surface area contributed by atoms with Crippen LogP contribution in [-0.4, -0.2) is 33.2 Å². The van der Waals surface area contributed by atoms with Crippen LogP contribution in [-0.2, 0) is 0 Å². The number of nitro groups is 1. The first kappa shape index (κ1) is 13.6. The number of hydrogen-bond donors (Lipinski definition) is 0. The second kappa shape index (κ2) is 5.22. The number of benzene rings is 1. The van der Waals surface area contributed by atoms with Crippen LogP contribution in [0.15, 0.2) is 10.5 Å². The summed E-state index contributed by atoms with van der Waals surface area (Å²) in [5.74, 6) is 0.592. The maximum Gasteiger partial charge on any atom is 0.338 e. The molecule has 0 saturated heterocycles. The molecule has 0 aromatic heterocycles. The normalized spacial score (nSPS) is 9.94. The van der Waals surface area contributed by atoms with Crippen molar-refractivity contribution in [2.75, 3.05) is 33.2 Å². The molecule has 0 heterocycles. The van der Waals surface area contributed by atoms with Gasteiger partial charge in [0.1, 0.15) is 0 Å². The van der Waals surface area contributed by atoms with Crippen LogP contribution in [0, 0.1) is 10.1 Å². The minimum atomic E-state index is -0.485. The lowest BCUT2D eigenvalue weighted by molar-refractivity contribution is -0.385. The van der Waals surface area contributed by atoms with E-state index in [1.807, 2.05) is 0 Å². The van der Waals surface area contributed by atoms with Crippen molar-refractivity contribution in [3.8, 4) is 11.5 Å². The zero-order chi connectivity index (χ0) is 13.2. The highest BCUT2D eigenvalue weighted by Gasteiger charge is 2.29. The molecule has 0 aliphatic heterocycles. The molecule has 94 valence electrons. The van der Waals surface area contributed by atoms with E-state index in [1.54, 1.807) is 25.1 Å². The van der Waals surface area contributed by atoms with Gasteiger partial charge in [0, 0.05) is 20.2 Å². The largest absolute Gasteiger partial charge is 0.494 e. The molecule has 0 bridgehead atoms. The molecule has 0 N–H and O–H groups in total. The average molecular weight is 305 g/mol. The summed E-state index contributed by atoms with van der Waals surface area (Å²) in [6.45, 7) is 0. The van der Waals surface area contributed by atoms with Gasteiger partial charge in [-0.25, -0.2) is 0 Å². The van der Waals surface area contributed by atoms with Crippen LogP contribution < -0.4 is 14.4 Å². The van der Waals surface area contributed by atoms with Crippen LogP contribution in [0.5, 0.6) is 11.5 Å². The van der Waals surface area contributed by atoms with Crippen LogP contribution in [0.4, 0.5) is 11.4 Å². The minimum Gasteiger partial charge on any atom is -0.494 e. The first-order valence-electron chi connectivity index (χ1n) is 4.70. The van der Waals surface area contributed by atoms with Gasteiger partial charge >= 0.3 is 5.69 Å². The van der Waals surface area contributed by atoms with Crippen LogP contribution in [0.2, 0.25) is 0 Å². The van der Waals surface area contributed by atoms with Crippen molar-refractivity contribution in [1.82, 2.24) is 0 Å². The van der Waals surface area contributed by atoms with Crippen molar-refractivity contribution in [2.24, 2.45) is 0 Å². The first-order chi connectivity index (χ1) is 7.93. The number of anilines is 1. The third-order valence-electron chi connectivity index (χ3n) is 2.20. The van der Waals surface area contributed by atoms with E-state index in [1.165, 1.54) is 14.2 Å². The average Bonchev–Trinajstić information content (AvgIpc) is 2.26. The Labute approximate surface area is 107 Å². The SMILES string of the molecule is COc1cc(Br)c(OC)c([N+](=O)[O-])c1N(C)C. The number of methoxy groups -OCH3 is 2. The highest BCUT2D eigenvalue weighted by molar-refractivity contribution is 9.10. The second-order valence-electron chi connectivity index (χ2n) is 3.44. The Bertz CT molecular complexity index is 448. The molecule has 0 spiro atoms. The fourth-order valence-corrected chi connectivity index (χ4v) is 2.10. The van der Waals surface area contributed by atoms with Gasteiger partial charge < -0.3 is 14.4 Å². The molecule has 0 aliphatic rings. The lowest BCUT2D eigenvalue weighted by Crippen LogP contribution is -2.13. The molecule has 17 heavy (non-hydrogen) atoms. The summed E-state index contributed by atoms with van der Waals surface area (Å²) >= 11 is 3.22. The number of halogens is 1. The highest BCUT2D eigenvalue weighted by atomic mass is 79.9. The molecule has 0 atom stereocenters. The van der Waals surface area contributed by atoms with E-state index in [2.05, 4.69) is 15.9 Å². The van der Waals surface area contributed by atoms with Crippen molar-refractivity contribution in [3.63, 3.8) is 0 Å². The van der Waals surface area contributed by atoms with Crippen molar-refractivity contribution < 1.29 is 14.4 Å². The van der Waals surface area contributed by atoms with Crippen molar-refractivity contribution in [3.05, 3.63) is 20.7 Å². The maximum absolute atomic E-state index is 11.1. The summed E-state index contributed by atoms with van der Waals surface area (Å²) in [5, 5.41) is 11.1. The van der Waals surface area contributed by atoms with Crippen LogP contribution >= 0.6 is 15.9 Å². The van der Waals surface area contributed by atoms with E-state index in [4.69, 9.17) is 9.47 Å². The molecule has 6 nitrogen and oxygen atoms in total. The van der Waals surface area contributed by atoms with Gasteiger partial charge in [0.2, 0.25) is 5.75 Å². The Kier molecular flexibility index (Phi) is 4.17. The molecule has 0 unspecified atom stereocenters. The Morgan fingerprint density at radius 1 is 1.35 bits per heavy atom. The van der Waals surface area contributed by atoms with Gasteiger partial charge in [-0.05, 0) is 15.9 Å². The van der Waals surface area contributed by atoms with Crippen molar-refractivity contribution >= 4 is 27.3 Å². The van der Waals surface area contributed by atoms with Gasteiger partial charge in [0.05, 0.1) is 23.6 Å². The third kappa shape index (κ3) is 2.44. The van der Waals surface area contributed by atoms with E-state index < -0.39 is 4.92 Å². The van der Waals surface area contributed by atoms with Gasteiger partial charge in [-0.1, -0.05) is 0 Å². The molecule has 0 radical (unpaired) electrons. The summed E-state index contributed by atoms with van der Waals surface area (Å²) < 4.78 is 10.7. The zero-order valence-corrected chi connectivity index (χ0v) is 11.6. The second-order valence-corrected chi connectivity index (χ2v) is 4.30. The van der Waals surface area contributed by atoms with E-state index >= 15 is 0 Å². The maximum atomic E-state index is 11.1. The van der Waals surface area contributed by atoms with E-state index in [-0.39, 0.29) is 11.4 Å². The molecular formula is C10H13BrN2O4. The summed E-state index contributed by atoms with van der Waals surface area (Å²) in [6.07, 6.45) is 0. The van der Waals surface area contributed by atoms with Crippen molar-refractivity contribution in [2.45, 2.75) is 0 Å². The minimum absolute atomic E-state index is 0.122. The zero-order valence-electron chi connectivity index (χ0n) is 9.98. The number of nitro benzene ring substituents is 1. The molecule has 1 aromatic carbocycles. The molecule has 0 aliphatic carbocycles. The van der Waals surface area contributed by atoms with Crippen LogP contribution in [0.1, 0.15) is 0 Å². The molecule has 0 fully saturated rings. The van der Waals surface area contributed by atoms with Gasteiger partial charge in [-0.3, -0.25) is 10.1 Å². The number of rotatable bonds is 4. The van der Waals surface area contributed by atoms with Gasteiger partial charge in [-0.2, -0.15) is 0 Å². The lowest BCUT2D eigenvalue weighted by Gasteiger charge is -2.18. The monoisotopic (exact) mass is 304 g/mol. The summed E-state index contributed by atoms with van der Waals surface area (Å²) in [5.41, 5.74) is 0.251. The Balaban J connectivity index is 3.68. The summed E-state index contributed by atoms with van der Waals surface area (Å²) in [4.78, 5) is 12.3. The fourth-order valence-electron chi connectivity index (χ4n) is 1.54. The highest BCUT2D eigenvalue weighted by Crippen LogP contribution is 2.47. The van der Waals surface area contributed by atoms with Crippen LogP contribution in [0.3, 0.4) is 0 Å².